The van der Waals surface area contributed by atoms with Crippen LogP contribution in [0.5, 0.6) is 0 Å². The first-order chi connectivity index (χ1) is 6.69. The lowest BCUT2D eigenvalue weighted by atomic mass is 9.92. The lowest BCUT2D eigenvalue weighted by Crippen LogP contribution is -2.14. The number of nitrogens with two attached hydrogens (primary N) is 1. The van der Waals surface area contributed by atoms with Crippen LogP contribution < -0.4 is 5.73 Å². The van der Waals surface area contributed by atoms with Gasteiger partial charge in [-0.25, -0.2) is 4.39 Å². The maximum absolute atomic E-state index is 13.3. The van der Waals surface area contributed by atoms with E-state index in [1.54, 1.807) is 6.07 Å². The first-order valence-electron chi connectivity index (χ1n) is 4.84. The average molecular weight is 258 g/mol. The SMILES string of the molecule is NCCC1(c2cccc(F)c2Br)CC1. The lowest BCUT2D eigenvalue weighted by Gasteiger charge is -2.16. The summed E-state index contributed by atoms with van der Waals surface area (Å²) in [7, 11) is 0. The molecule has 76 valence electrons. The Morgan fingerprint density at radius 3 is 2.71 bits per heavy atom. The summed E-state index contributed by atoms with van der Waals surface area (Å²) in [5.41, 5.74) is 6.82. The van der Waals surface area contributed by atoms with E-state index in [2.05, 4.69) is 15.9 Å². The normalized spacial score (nSPS) is 18.2. The van der Waals surface area contributed by atoms with Gasteiger partial charge in [-0.05, 0) is 58.8 Å². The highest BCUT2D eigenvalue weighted by Crippen LogP contribution is 2.53. The van der Waals surface area contributed by atoms with Crippen LogP contribution in [0.3, 0.4) is 0 Å². The second-order valence-corrected chi connectivity index (χ2v) is 4.71. The van der Waals surface area contributed by atoms with E-state index in [1.807, 2.05) is 6.07 Å². The van der Waals surface area contributed by atoms with Gasteiger partial charge in [0.25, 0.3) is 0 Å². The Bertz CT molecular complexity index is 347. The Balaban J connectivity index is 2.37. The minimum Gasteiger partial charge on any atom is -0.330 e. The van der Waals surface area contributed by atoms with Gasteiger partial charge in [0.15, 0.2) is 0 Å². The van der Waals surface area contributed by atoms with Crippen LogP contribution in [0.25, 0.3) is 0 Å². The fraction of sp³-hybridized carbons (Fsp3) is 0.455. The molecule has 3 heteroatoms. The van der Waals surface area contributed by atoms with Gasteiger partial charge in [-0.2, -0.15) is 0 Å². The monoisotopic (exact) mass is 257 g/mol. The van der Waals surface area contributed by atoms with Crippen LogP contribution in [0.2, 0.25) is 0 Å². The van der Waals surface area contributed by atoms with Crippen LogP contribution >= 0.6 is 15.9 Å². The Morgan fingerprint density at radius 1 is 1.43 bits per heavy atom. The van der Waals surface area contributed by atoms with Crippen molar-refractivity contribution in [2.24, 2.45) is 5.73 Å². The smallest absolute Gasteiger partial charge is 0.137 e. The van der Waals surface area contributed by atoms with Gasteiger partial charge in [0.2, 0.25) is 0 Å². The van der Waals surface area contributed by atoms with Crippen molar-refractivity contribution in [2.45, 2.75) is 24.7 Å². The van der Waals surface area contributed by atoms with Gasteiger partial charge >= 0.3 is 0 Å². The molecule has 1 aliphatic rings. The van der Waals surface area contributed by atoms with Crippen molar-refractivity contribution in [2.75, 3.05) is 6.54 Å². The standard InChI is InChI=1S/C11H13BrFN/c12-10-8(2-1-3-9(10)13)11(4-5-11)6-7-14/h1-3H,4-7,14H2. The zero-order valence-corrected chi connectivity index (χ0v) is 9.48. The lowest BCUT2D eigenvalue weighted by molar-refractivity contribution is 0.591. The molecule has 0 heterocycles. The molecule has 1 saturated carbocycles. The number of hydrogen-bond acceptors (Lipinski definition) is 1. The minimum atomic E-state index is -0.175. The van der Waals surface area contributed by atoms with Crippen molar-refractivity contribution in [3.8, 4) is 0 Å². The molecular weight excluding hydrogens is 245 g/mol. The van der Waals surface area contributed by atoms with Crippen molar-refractivity contribution >= 4 is 15.9 Å². The van der Waals surface area contributed by atoms with Crippen LogP contribution in [-0.2, 0) is 5.41 Å². The number of halogens is 2. The van der Waals surface area contributed by atoms with Crippen LogP contribution in [0.1, 0.15) is 24.8 Å². The molecule has 0 unspecified atom stereocenters. The molecule has 0 radical (unpaired) electrons. The molecule has 1 aliphatic carbocycles. The molecule has 0 saturated heterocycles. The highest BCUT2D eigenvalue weighted by Gasteiger charge is 2.44. The third-order valence-corrected chi connectivity index (χ3v) is 3.81. The molecule has 0 bridgehead atoms. The van der Waals surface area contributed by atoms with Crippen LogP contribution in [0, 0.1) is 5.82 Å². The Kier molecular flexibility index (Phi) is 2.62. The fourth-order valence-corrected chi connectivity index (χ4v) is 2.68. The van der Waals surface area contributed by atoms with Crippen molar-refractivity contribution in [3.05, 3.63) is 34.1 Å². The van der Waals surface area contributed by atoms with Crippen LogP contribution in [-0.4, -0.2) is 6.54 Å². The molecule has 0 aliphatic heterocycles. The van der Waals surface area contributed by atoms with E-state index in [4.69, 9.17) is 5.73 Å². The Hall–Kier alpha value is -0.410. The molecular formula is C11H13BrFN. The fourth-order valence-electron chi connectivity index (χ4n) is 1.99. The van der Waals surface area contributed by atoms with Gasteiger partial charge in [0.1, 0.15) is 5.82 Å². The summed E-state index contributed by atoms with van der Waals surface area (Å²) in [5, 5.41) is 0. The van der Waals surface area contributed by atoms with Gasteiger partial charge in [0, 0.05) is 0 Å². The van der Waals surface area contributed by atoms with Crippen molar-refractivity contribution in [1.29, 1.82) is 0 Å². The zero-order valence-electron chi connectivity index (χ0n) is 7.89. The largest absolute Gasteiger partial charge is 0.330 e. The molecule has 0 amide bonds. The number of benzene rings is 1. The Labute approximate surface area is 91.6 Å². The van der Waals surface area contributed by atoms with Gasteiger partial charge in [-0.15, -0.1) is 0 Å². The first kappa shape index (κ1) is 10.1. The highest BCUT2D eigenvalue weighted by atomic mass is 79.9. The molecule has 1 aromatic rings. The van der Waals surface area contributed by atoms with Gasteiger partial charge in [-0.1, -0.05) is 12.1 Å². The van der Waals surface area contributed by atoms with Crippen molar-refractivity contribution < 1.29 is 4.39 Å². The van der Waals surface area contributed by atoms with E-state index in [1.165, 1.54) is 6.07 Å². The quantitative estimate of drug-likeness (QED) is 0.886. The van der Waals surface area contributed by atoms with Gasteiger partial charge in [-0.3, -0.25) is 0 Å². The average Bonchev–Trinajstić information content (AvgIpc) is 2.91. The number of rotatable bonds is 3. The maximum Gasteiger partial charge on any atom is 0.137 e. The maximum atomic E-state index is 13.3. The third kappa shape index (κ3) is 1.59. The number of hydrogen-bond donors (Lipinski definition) is 1. The summed E-state index contributed by atoms with van der Waals surface area (Å²) in [6, 6.07) is 5.24. The second kappa shape index (κ2) is 3.63. The molecule has 2 N–H and O–H groups in total. The summed E-state index contributed by atoms with van der Waals surface area (Å²) in [5.74, 6) is -0.175. The molecule has 14 heavy (non-hydrogen) atoms. The van der Waals surface area contributed by atoms with Gasteiger partial charge in [0.05, 0.1) is 4.47 Å². The topological polar surface area (TPSA) is 26.0 Å². The highest BCUT2D eigenvalue weighted by molar-refractivity contribution is 9.10. The summed E-state index contributed by atoms with van der Waals surface area (Å²) < 4.78 is 13.9. The summed E-state index contributed by atoms with van der Waals surface area (Å²) in [4.78, 5) is 0. The molecule has 0 spiro atoms. The van der Waals surface area contributed by atoms with Crippen molar-refractivity contribution in [3.63, 3.8) is 0 Å². The van der Waals surface area contributed by atoms with E-state index in [-0.39, 0.29) is 11.2 Å². The van der Waals surface area contributed by atoms with E-state index >= 15 is 0 Å². The van der Waals surface area contributed by atoms with E-state index < -0.39 is 0 Å². The third-order valence-electron chi connectivity index (χ3n) is 3.00. The first-order valence-corrected chi connectivity index (χ1v) is 5.63. The molecule has 0 aromatic heterocycles. The predicted octanol–water partition coefficient (Wildman–Crippen LogP) is 2.97. The summed E-state index contributed by atoms with van der Waals surface area (Å²) in [6.07, 6.45) is 3.22. The summed E-state index contributed by atoms with van der Waals surface area (Å²) in [6.45, 7) is 0.670. The molecule has 1 nitrogen and oxygen atoms in total. The molecule has 1 aromatic carbocycles. The Morgan fingerprint density at radius 2 is 2.14 bits per heavy atom. The molecule has 0 atom stereocenters. The van der Waals surface area contributed by atoms with Gasteiger partial charge < -0.3 is 5.73 Å². The van der Waals surface area contributed by atoms with Crippen molar-refractivity contribution in [1.82, 2.24) is 0 Å². The zero-order chi connectivity index (χ0) is 10.2. The van der Waals surface area contributed by atoms with Crippen LogP contribution in [0.4, 0.5) is 4.39 Å². The van der Waals surface area contributed by atoms with Crippen LogP contribution in [0.15, 0.2) is 22.7 Å². The summed E-state index contributed by atoms with van der Waals surface area (Å²) >= 11 is 3.31. The molecule has 2 rings (SSSR count). The van der Waals surface area contributed by atoms with E-state index in [0.29, 0.717) is 11.0 Å². The predicted molar refractivity (Wildman–Crippen MR) is 58.7 cm³/mol. The second-order valence-electron chi connectivity index (χ2n) is 3.92. The molecule has 1 fully saturated rings. The minimum absolute atomic E-state index is 0.162. The van der Waals surface area contributed by atoms with E-state index in [0.717, 1.165) is 24.8 Å². The van der Waals surface area contributed by atoms with E-state index in [9.17, 15) is 4.39 Å².